The second-order valence-electron chi connectivity index (χ2n) is 5.24. The molecule has 0 aromatic heterocycles. The largest absolute Gasteiger partial charge is 0.444 e. The number of nitrogens with zero attached hydrogens (tertiary/aromatic N) is 5. The summed E-state index contributed by atoms with van der Waals surface area (Å²) in [7, 11) is 0. The van der Waals surface area contributed by atoms with Crippen molar-refractivity contribution in [3.63, 3.8) is 0 Å². The van der Waals surface area contributed by atoms with Gasteiger partial charge in [-0.15, -0.1) is 0 Å². The Labute approximate surface area is 111 Å². The van der Waals surface area contributed by atoms with E-state index in [0.29, 0.717) is 26.2 Å². The standard InChI is InChI=1S/C11H19N5O3/c1-11(2,3)19-10(18)16-6-4-15(5-7-16)9(17)8-13-14-12/h4-8H2,1-3H3. The number of amides is 2. The molecule has 1 aliphatic rings. The van der Waals surface area contributed by atoms with Crippen LogP contribution in [0.15, 0.2) is 5.11 Å². The van der Waals surface area contributed by atoms with E-state index in [2.05, 4.69) is 10.0 Å². The zero-order valence-corrected chi connectivity index (χ0v) is 11.5. The minimum Gasteiger partial charge on any atom is -0.444 e. The topological polar surface area (TPSA) is 98.6 Å². The Morgan fingerprint density at radius 1 is 1.21 bits per heavy atom. The lowest BCUT2D eigenvalue weighted by molar-refractivity contribution is -0.131. The molecular formula is C11H19N5O3. The van der Waals surface area contributed by atoms with Crippen LogP contribution in [0.3, 0.4) is 0 Å². The maximum absolute atomic E-state index is 11.8. The van der Waals surface area contributed by atoms with Crippen molar-refractivity contribution >= 4 is 12.0 Å². The zero-order chi connectivity index (χ0) is 14.5. The van der Waals surface area contributed by atoms with E-state index in [1.807, 2.05) is 20.8 Å². The number of ether oxygens (including phenoxy) is 1. The Bertz CT molecular complexity index is 390. The average Bonchev–Trinajstić information content (AvgIpc) is 2.34. The van der Waals surface area contributed by atoms with Crippen molar-refractivity contribution < 1.29 is 14.3 Å². The van der Waals surface area contributed by atoms with Gasteiger partial charge in [-0.25, -0.2) is 4.79 Å². The Morgan fingerprint density at radius 2 is 1.74 bits per heavy atom. The van der Waals surface area contributed by atoms with Gasteiger partial charge in [0.25, 0.3) is 0 Å². The summed E-state index contributed by atoms with van der Waals surface area (Å²) < 4.78 is 5.25. The number of rotatable bonds is 2. The molecule has 19 heavy (non-hydrogen) atoms. The highest BCUT2D eigenvalue weighted by Gasteiger charge is 2.27. The molecule has 0 aromatic carbocycles. The molecule has 0 radical (unpaired) electrons. The highest BCUT2D eigenvalue weighted by molar-refractivity contribution is 5.78. The number of hydrogen-bond acceptors (Lipinski definition) is 4. The maximum atomic E-state index is 11.8. The van der Waals surface area contributed by atoms with E-state index in [9.17, 15) is 9.59 Å². The third-order valence-corrected chi connectivity index (χ3v) is 2.55. The number of piperazine rings is 1. The molecule has 1 fully saturated rings. The van der Waals surface area contributed by atoms with E-state index >= 15 is 0 Å². The first-order valence-corrected chi connectivity index (χ1v) is 6.10. The van der Waals surface area contributed by atoms with Gasteiger partial charge in [-0.2, -0.15) is 0 Å². The summed E-state index contributed by atoms with van der Waals surface area (Å²) in [6.07, 6.45) is -0.366. The van der Waals surface area contributed by atoms with Crippen molar-refractivity contribution in [2.75, 3.05) is 32.7 Å². The summed E-state index contributed by atoms with van der Waals surface area (Å²) in [5, 5.41) is 3.23. The molecule has 8 nitrogen and oxygen atoms in total. The van der Waals surface area contributed by atoms with Crippen LogP contribution in [0, 0.1) is 0 Å². The first-order valence-electron chi connectivity index (χ1n) is 6.10. The van der Waals surface area contributed by atoms with Gasteiger partial charge in [0.1, 0.15) is 12.1 Å². The van der Waals surface area contributed by atoms with Gasteiger partial charge < -0.3 is 14.5 Å². The second kappa shape index (κ2) is 6.29. The predicted octanol–water partition coefficient (Wildman–Crippen LogP) is 1.38. The molecule has 1 aliphatic heterocycles. The van der Waals surface area contributed by atoms with Gasteiger partial charge in [0.15, 0.2) is 0 Å². The second-order valence-corrected chi connectivity index (χ2v) is 5.24. The van der Waals surface area contributed by atoms with Gasteiger partial charge in [0.05, 0.1) is 0 Å². The van der Waals surface area contributed by atoms with Gasteiger partial charge >= 0.3 is 6.09 Å². The number of carbonyl (C=O) groups is 2. The molecule has 0 spiro atoms. The fourth-order valence-electron chi connectivity index (χ4n) is 1.66. The van der Waals surface area contributed by atoms with Crippen molar-refractivity contribution in [2.45, 2.75) is 26.4 Å². The van der Waals surface area contributed by atoms with E-state index in [-0.39, 0.29) is 18.5 Å². The molecule has 2 amide bonds. The fraction of sp³-hybridized carbons (Fsp3) is 0.818. The lowest BCUT2D eigenvalue weighted by Gasteiger charge is -2.35. The van der Waals surface area contributed by atoms with E-state index < -0.39 is 5.60 Å². The molecule has 0 aromatic rings. The molecule has 0 bridgehead atoms. The van der Waals surface area contributed by atoms with E-state index in [1.165, 1.54) is 0 Å². The van der Waals surface area contributed by atoms with Crippen molar-refractivity contribution in [1.29, 1.82) is 0 Å². The molecule has 0 atom stereocenters. The first-order chi connectivity index (χ1) is 8.83. The molecule has 106 valence electrons. The van der Waals surface area contributed by atoms with Crippen LogP contribution in [0.25, 0.3) is 10.4 Å². The molecule has 0 unspecified atom stereocenters. The molecule has 1 heterocycles. The molecule has 0 N–H and O–H groups in total. The van der Waals surface area contributed by atoms with Gasteiger partial charge in [-0.3, -0.25) is 4.79 Å². The average molecular weight is 269 g/mol. The van der Waals surface area contributed by atoms with Crippen molar-refractivity contribution in [3.05, 3.63) is 10.4 Å². The van der Waals surface area contributed by atoms with Crippen LogP contribution in [-0.2, 0) is 9.53 Å². The summed E-state index contributed by atoms with van der Waals surface area (Å²) in [5.41, 5.74) is 7.63. The molecule has 0 aliphatic carbocycles. The highest BCUT2D eigenvalue weighted by Crippen LogP contribution is 2.11. The molecule has 0 saturated carbocycles. The van der Waals surface area contributed by atoms with E-state index in [1.54, 1.807) is 9.80 Å². The summed E-state index contributed by atoms with van der Waals surface area (Å²) in [6, 6.07) is 0. The number of carbonyl (C=O) groups excluding carboxylic acids is 2. The first kappa shape index (κ1) is 15.1. The van der Waals surface area contributed by atoms with Crippen LogP contribution >= 0.6 is 0 Å². The minimum absolute atomic E-state index is 0.178. The SMILES string of the molecule is CC(C)(C)OC(=O)N1CCN(C(=O)CN=[N+]=[N-])CC1. The van der Waals surface area contributed by atoms with Crippen LogP contribution in [0.2, 0.25) is 0 Å². The van der Waals surface area contributed by atoms with Crippen LogP contribution in [0.5, 0.6) is 0 Å². The third-order valence-electron chi connectivity index (χ3n) is 2.55. The Balaban J connectivity index is 2.42. The quantitative estimate of drug-likeness (QED) is 0.430. The van der Waals surface area contributed by atoms with Gasteiger partial charge in [0.2, 0.25) is 5.91 Å². The third kappa shape index (κ3) is 5.05. The number of hydrogen-bond donors (Lipinski definition) is 0. The lowest BCUT2D eigenvalue weighted by Crippen LogP contribution is -2.52. The predicted molar refractivity (Wildman–Crippen MR) is 68.4 cm³/mol. The van der Waals surface area contributed by atoms with Crippen LogP contribution in [0.4, 0.5) is 4.79 Å². The Hall–Kier alpha value is -1.95. The Morgan fingerprint density at radius 3 is 2.21 bits per heavy atom. The fourth-order valence-corrected chi connectivity index (χ4v) is 1.66. The molecule has 1 saturated heterocycles. The summed E-state index contributed by atoms with van der Waals surface area (Å²) in [4.78, 5) is 29.1. The van der Waals surface area contributed by atoms with E-state index in [0.717, 1.165) is 0 Å². The van der Waals surface area contributed by atoms with Gasteiger partial charge in [-0.1, -0.05) is 5.11 Å². The normalized spacial score (nSPS) is 15.7. The lowest BCUT2D eigenvalue weighted by atomic mass is 10.2. The molecule has 8 heteroatoms. The summed E-state index contributed by atoms with van der Waals surface area (Å²) in [6.45, 7) is 6.97. The summed E-state index contributed by atoms with van der Waals surface area (Å²) >= 11 is 0. The van der Waals surface area contributed by atoms with E-state index in [4.69, 9.17) is 10.3 Å². The smallest absolute Gasteiger partial charge is 0.410 e. The van der Waals surface area contributed by atoms with Crippen LogP contribution in [0.1, 0.15) is 20.8 Å². The molecule has 1 rings (SSSR count). The highest BCUT2D eigenvalue weighted by atomic mass is 16.6. The van der Waals surface area contributed by atoms with Crippen molar-refractivity contribution in [2.24, 2.45) is 5.11 Å². The summed E-state index contributed by atoms with van der Waals surface area (Å²) in [5.74, 6) is -0.221. The minimum atomic E-state index is -0.522. The van der Waals surface area contributed by atoms with Crippen LogP contribution in [-0.4, -0.2) is 60.1 Å². The van der Waals surface area contributed by atoms with Crippen LogP contribution < -0.4 is 0 Å². The number of azide groups is 1. The Kier molecular flexibility index (Phi) is 5.00. The van der Waals surface area contributed by atoms with Gasteiger partial charge in [0, 0.05) is 31.1 Å². The molecular weight excluding hydrogens is 250 g/mol. The van der Waals surface area contributed by atoms with Crippen molar-refractivity contribution in [1.82, 2.24) is 9.80 Å². The van der Waals surface area contributed by atoms with Crippen molar-refractivity contribution in [3.8, 4) is 0 Å². The van der Waals surface area contributed by atoms with Gasteiger partial charge in [-0.05, 0) is 26.3 Å². The zero-order valence-electron chi connectivity index (χ0n) is 11.5. The maximum Gasteiger partial charge on any atom is 0.410 e. The monoisotopic (exact) mass is 269 g/mol.